The number of hydrogen-bond acceptors (Lipinski definition) is 1. The van der Waals surface area contributed by atoms with E-state index >= 15 is 0 Å². The van der Waals surface area contributed by atoms with Crippen LogP contribution in [0.4, 0.5) is 0 Å². The van der Waals surface area contributed by atoms with Crippen LogP contribution < -0.4 is 0 Å². The number of para-hydroxylation sites is 1. The quantitative estimate of drug-likeness (QED) is 0.232. The molecule has 0 fully saturated rings. The molecule has 1 heteroatoms. The van der Waals surface area contributed by atoms with Crippen LogP contribution in [0.3, 0.4) is 0 Å². The Morgan fingerprint density at radius 3 is 1.92 bits per heavy atom. The van der Waals surface area contributed by atoms with Gasteiger partial charge >= 0.3 is 0 Å². The highest BCUT2D eigenvalue weighted by atomic mass is 16.3. The molecule has 1 heterocycles. The second kappa shape index (κ2) is 7.45. The Morgan fingerprint density at radius 2 is 1.25 bits per heavy atom. The summed E-state index contributed by atoms with van der Waals surface area (Å²) in [4.78, 5) is 0. The maximum Gasteiger partial charge on any atom is 0.136 e. The highest BCUT2D eigenvalue weighted by molar-refractivity contribution is 6.28. The first-order valence-electron chi connectivity index (χ1n) is 12.7. The van der Waals surface area contributed by atoms with Gasteiger partial charge in [-0.25, -0.2) is 0 Å². The summed E-state index contributed by atoms with van der Waals surface area (Å²) in [6.45, 7) is 9.00. The second-order valence-corrected chi connectivity index (χ2v) is 11.1. The van der Waals surface area contributed by atoms with Gasteiger partial charge in [0.2, 0.25) is 0 Å². The summed E-state index contributed by atoms with van der Waals surface area (Å²) in [5, 5.41) is 8.91. The summed E-state index contributed by atoms with van der Waals surface area (Å²) in [6.07, 6.45) is 0. The van der Waals surface area contributed by atoms with Gasteiger partial charge in [-0.2, -0.15) is 0 Å². The molecule has 6 aromatic carbocycles. The Morgan fingerprint density at radius 1 is 0.583 bits per heavy atom. The Kier molecular flexibility index (Phi) is 4.39. The zero-order valence-electron chi connectivity index (χ0n) is 21.1. The molecule has 1 nitrogen and oxygen atoms in total. The predicted octanol–water partition coefficient (Wildman–Crippen LogP) is 10.3. The topological polar surface area (TPSA) is 13.1 Å². The lowest BCUT2D eigenvalue weighted by Gasteiger charge is -2.22. The molecule has 0 bridgehead atoms. The highest BCUT2D eigenvalue weighted by Gasteiger charge is 2.21. The lowest BCUT2D eigenvalue weighted by Crippen LogP contribution is -2.10. The molecular formula is C35H28O. The number of rotatable bonds is 2. The Labute approximate surface area is 211 Å². The second-order valence-electron chi connectivity index (χ2n) is 11.1. The molecule has 0 amide bonds. The van der Waals surface area contributed by atoms with E-state index in [2.05, 4.69) is 113 Å². The van der Waals surface area contributed by atoms with E-state index in [1.807, 2.05) is 12.1 Å². The van der Waals surface area contributed by atoms with E-state index < -0.39 is 0 Å². The van der Waals surface area contributed by atoms with Crippen molar-refractivity contribution >= 4 is 43.3 Å². The van der Waals surface area contributed by atoms with Crippen LogP contribution in [-0.2, 0) is 5.41 Å². The first-order valence-corrected chi connectivity index (χ1v) is 12.7. The van der Waals surface area contributed by atoms with Crippen LogP contribution in [0, 0.1) is 6.92 Å². The summed E-state index contributed by atoms with van der Waals surface area (Å²) in [5.41, 5.74) is 7.26. The maximum atomic E-state index is 6.42. The molecular weight excluding hydrogens is 436 g/mol. The lowest BCUT2D eigenvalue weighted by atomic mass is 9.82. The fraction of sp³-hybridized carbons (Fsp3) is 0.143. The normalized spacial score (nSPS) is 12.4. The lowest BCUT2D eigenvalue weighted by molar-refractivity contribution is 0.591. The largest absolute Gasteiger partial charge is 0.456 e. The van der Waals surface area contributed by atoms with Crippen LogP contribution >= 0.6 is 0 Å². The van der Waals surface area contributed by atoms with Crippen LogP contribution in [0.25, 0.3) is 65.7 Å². The zero-order valence-corrected chi connectivity index (χ0v) is 21.1. The zero-order chi connectivity index (χ0) is 24.6. The van der Waals surface area contributed by atoms with Gasteiger partial charge < -0.3 is 4.42 Å². The van der Waals surface area contributed by atoms with Gasteiger partial charge in [-0.15, -0.1) is 0 Å². The van der Waals surface area contributed by atoms with E-state index in [9.17, 15) is 0 Å². The van der Waals surface area contributed by atoms with Crippen molar-refractivity contribution in [1.29, 1.82) is 0 Å². The molecule has 0 atom stereocenters. The molecule has 1 aromatic heterocycles. The molecule has 0 saturated carbocycles. The average molecular weight is 465 g/mol. The molecule has 0 aliphatic rings. The smallest absolute Gasteiger partial charge is 0.136 e. The van der Waals surface area contributed by atoms with Gasteiger partial charge in [0.05, 0.1) is 0 Å². The van der Waals surface area contributed by atoms with Gasteiger partial charge in [0.1, 0.15) is 11.3 Å². The number of hydrogen-bond donors (Lipinski definition) is 0. The number of furan rings is 1. The van der Waals surface area contributed by atoms with Crippen molar-refractivity contribution in [1.82, 2.24) is 0 Å². The molecule has 0 aliphatic heterocycles. The molecule has 7 aromatic rings. The SMILES string of the molecule is Cc1ccc(-c2cc(-c3cc4ccccc4o3)c3ccc4cc(C(C)(C)C)cc5ccc2c3c54)cc1. The Hall–Kier alpha value is -4.10. The minimum absolute atomic E-state index is 0.0942. The van der Waals surface area contributed by atoms with Crippen molar-refractivity contribution in [3.63, 3.8) is 0 Å². The summed E-state index contributed by atoms with van der Waals surface area (Å²) in [6, 6.07) is 35.6. The van der Waals surface area contributed by atoms with Crippen LogP contribution in [0.15, 0.2) is 101 Å². The Bertz CT molecular complexity index is 1860. The molecule has 0 spiro atoms. The highest BCUT2D eigenvalue weighted by Crippen LogP contribution is 2.45. The molecule has 0 aliphatic carbocycles. The number of benzene rings is 6. The van der Waals surface area contributed by atoms with Gasteiger partial charge in [0.15, 0.2) is 0 Å². The molecule has 174 valence electrons. The van der Waals surface area contributed by atoms with Crippen LogP contribution in [0.2, 0.25) is 0 Å². The molecule has 0 saturated heterocycles. The average Bonchev–Trinajstić information content (AvgIpc) is 3.31. The van der Waals surface area contributed by atoms with E-state index in [-0.39, 0.29) is 5.41 Å². The first kappa shape index (κ1) is 21.2. The summed E-state index contributed by atoms with van der Waals surface area (Å²) >= 11 is 0. The minimum atomic E-state index is 0.0942. The first-order chi connectivity index (χ1) is 17.4. The van der Waals surface area contributed by atoms with Crippen LogP contribution in [0.5, 0.6) is 0 Å². The van der Waals surface area contributed by atoms with Crippen molar-refractivity contribution in [2.75, 3.05) is 0 Å². The maximum absolute atomic E-state index is 6.42. The Balaban J connectivity index is 1.63. The van der Waals surface area contributed by atoms with E-state index in [0.717, 1.165) is 22.3 Å². The van der Waals surface area contributed by atoms with E-state index in [4.69, 9.17) is 4.42 Å². The third-order valence-corrected chi connectivity index (χ3v) is 7.64. The standard InChI is InChI=1S/C35H28O/c1-21-9-11-22(12-10-21)29-20-30(32-19-23-7-5-6-8-31(23)36-32)28-16-14-25-18-26(35(2,3)4)17-24-13-15-27(29)34(28)33(24)25/h5-20H,1-4H3. The summed E-state index contributed by atoms with van der Waals surface area (Å²) in [5.74, 6) is 0.915. The minimum Gasteiger partial charge on any atom is -0.456 e. The van der Waals surface area contributed by atoms with Crippen molar-refractivity contribution in [2.24, 2.45) is 0 Å². The van der Waals surface area contributed by atoms with Gasteiger partial charge in [-0.3, -0.25) is 0 Å². The van der Waals surface area contributed by atoms with Crippen LogP contribution in [0.1, 0.15) is 31.9 Å². The van der Waals surface area contributed by atoms with Gasteiger partial charge in [0.25, 0.3) is 0 Å². The number of fused-ring (bicyclic) bond motifs is 1. The summed E-state index contributed by atoms with van der Waals surface area (Å²) < 4.78 is 6.42. The van der Waals surface area contributed by atoms with E-state index in [0.29, 0.717) is 0 Å². The molecule has 7 rings (SSSR count). The third kappa shape index (κ3) is 3.16. The van der Waals surface area contributed by atoms with E-state index in [1.54, 1.807) is 0 Å². The summed E-state index contributed by atoms with van der Waals surface area (Å²) in [7, 11) is 0. The van der Waals surface area contributed by atoms with E-state index in [1.165, 1.54) is 54.6 Å². The predicted molar refractivity (Wildman–Crippen MR) is 154 cm³/mol. The molecule has 0 unspecified atom stereocenters. The van der Waals surface area contributed by atoms with Crippen molar-refractivity contribution in [2.45, 2.75) is 33.1 Å². The van der Waals surface area contributed by atoms with Crippen molar-refractivity contribution in [3.8, 4) is 22.5 Å². The molecule has 36 heavy (non-hydrogen) atoms. The third-order valence-electron chi connectivity index (χ3n) is 7.64. The van der Waals surface area contributed by atoms with Gasteiger partial charge in [-0.05, 0) is 79.5 Å². The van der Waals surface area contributed by atoms with Crippen molar-refractivity contribution in [3.05, 3.63) is 108 Å². The fourth-order valence-electron chi connectivity index (χ4n) is 5.64. The fourth-order valence-corrected chi connectivity index (χ4v) is 5.64. The molecule has 0 radical (unpaired) electrons. The van der Waals surface area contributed by atoms with Gasteiger partial charge in [0, 0.05) is 10.9 Å². The molecule has 0 N–H and O–H groups in total. The van der Waals surface area contributed by atoms with Crippen molar-refractivity contribution < 1.29 is 4.42 Å². The number of aryl methyl sites for hydroxylation is 1. The van der Waals surface area contributed by atoms with Gasteiger partial charge in [-0.1, -0.05) is 105 Å². The van der Waals surface area contributed by atoms with Crippen LogP contribution in [-0.4, -0.2) is 0 Å². The monoisotopic (exact) mass is 464 g/mol.